The minimum Gasteiger partial charge on any atom is -0.316 e. The molecule has 1 heterocycles. The maximum absolute atomic E-state index is 11.5. The van der Waals surface area contributed by atoms with Gasteiger partial charge in [0.2, 0.25) is 0 Å². The number of hydrogen-bond acceptors (Lipinski definition) is 4. The number of nitrogens with one attached hydrogen (secondary N) is 2. The van der Waals surface area contributed by atoms with E-state index in [9.17, 15) is 4.79 Å². The number of hydrogen-bond donors (Lipinski definition) is 2. The minimum atomic E-state index is -0.142. The highest BCUT2D eigenvalue weighted by Gasteiger charge is 2.36. The number of aromatic nitrogens is 3. The van der Waals surface area contributed by atoms with E-state index in [1.54, 1.807) is 23.4 Å². The van der Waals surface area contributed by atoms with Crippen LogP contribution >= 0.6 is 11.8 Å². The van der Waals surface area contributed by atoms with E-state index in [4.69, 9.17) is 0 Å². The second kappa shape index (κ2) is 5.93. The van der Waals surface area contributed by atoms with Crippen LogP contribution < -0.4 is 11.0 Å². The van der Waals surface area contributed by atoms with E-state index in [0.717, 1.165) is 11.1 Å². The lowest BCUT2D eigenvalue weighted by Gasteiger charge is -2.41. The van der Waals surface area contributed by atoms with Gasteiger partial charge in [-0.3, -0.25) is 4.57 Å². The number of rotatable bonds is 3. The van der Waals surface area contributed by atoms with Crippen molar-refractivity contribution in [3.8, 4) is 0 Å². The average Bonchev–Trinajstić information content (AvgIpc) is 2.69. The first kappa shape index (κ1) is 15.6. The molecule has 6 heteroatoms. The molecule has 2 N–H and O–H groups in total. The molecule has 1 saturated carbocycles. The van der Waals surface area contributed by atoms with Crippen molar-refractivity contribution >= 4 is 11.8 Å². The molecule has 3 atom stereocenters. The van der Waals surface area contributed by atoms with Crippen LogP contribution in [0.5, 0.6) is 0 Å². The number of thioether (sulfide) groups is 1. The molecule has 3 unspecified atom stereocenters. The van der Waals surface area contributed by atoms with Crippen LogP contribution in [0.15, 0.2) is 9.95 Å². The third-order valence-electron chi connectivity index (χ3n) is 4.48. The zero-order chi connectivity index (χ0) is 14.9. The summed E-state index contributed by atoms with van der Waals surface area (Å²) >= 11 is 1.72. The van der Waals surface area contributed by atoms with Crippen molar-refractivity contribution < 1.29 is 0 Å². The summed E-state index contributed by atoms with van der Waals surface area (Å²) in [7, 11) is 3.80. The maximum Gasteiger partial charge on any atom is 0.343 e. The number of aromatic amines is 1. The van der Waals surface area contributed by atoms with Crippen LogP contribution in [0.25, 0.3) is 0 Å². The van der Waals surface area contributed by atoms with Crippen molar-refractivity contribution in [3.05, 3.63) is 10.5 Å². The van der Waals surface area contributed by atoms with Gasteiger partial charge in [0.15, 0.2) is 5.16 Å². The highest BCUT2D eigenvalue weighted by atomic mass is 32.2. The molecule has 1 aliphatic rings. The standard InChI is InChI=1S/C14H26N4OS/c1-14(2,3)9-6-7-10(15-4)11(8-9)20-13-17-16-12(19)18(13)5/h9-11,15H,6-8H2,1-5H3,(H,16,19). The van der Waals surface area contributed by atoms with Gasteiger partial charge in [-0.25, -0.2) is 9.89 Å². The van der Waals surface area contributed by atoms with E-state index in [2.05, 4.69) is 36.3 Å². The van der Waals surface area contributed by atoms with Gasteiger partial charge < -0.3 is 5.32 Å². The van der Waals surface area contributed by atoms with Gasteiger partial charge in [0.25, 0.3) is 0 Å². The molecule has 1 aromatic rings. The molecule has 0 aromatic carbocycles. The molecule has 0 saturated heterocycles. The zero-order valence-electron chi connectivity index (χ0n) is 13.1. The summed E-state index contributed by atoms with van der Waals surface area (Å²) < 4.78 is 1.60. The Balaban J connectivity index is 2.13. The smallest absolute Gasteiger partial charge is 0.316 e. The Kier molecular flexibility index (Phi) is 4.64. The van der Waals surface area contributed by atoms with Gasteiger partial charge in [0, 0.05) is 18.3 Å². The van der Waals surface area contributed by atoms with Crippen LogP contribution in [0.1, 0.15) is 40.0 Å². The first-order valence-electron chi connectivity index (χ1n) is 7.28. The molecule has 2 rings (SSSR count). The molecule has 0 radical (unpaired) electrons. The normalized spacial score (nSPS) is 27.8. The predicted octanol–water partition coefficient (Wildman–Crippen LogP) is 2.00. The van der Waals surface area contributed by atoms with Crippen molar-refractivity contribution in [1.29, 1.82) is 0 Å². The quantitative estimate of drug-likeness (QED) is 0.896. The highest BCUT2D eigenvalue weighted by molar-refractivity contribution is 7.99. The Labute approximate surface area is 124 Å². The first-order valence-corrected chi connectivity index (χ1v) is 8.16. The third kappa shape index (κ3) is 3.28. The monoisotopic (exact) mass is 298 g/mol. The molecule has 0 bridgehead atoms. The molecule has 1 aromatic heterocycles. The lowest BCUT2D eigenvalue weighted by Crippen LogP contribution is -2.43. The van der Waals surface area contributed by atoms with Gasteiger partial charge in [0.05, 0.1) is 0 Å². The van der Waals surface area contributed by atoms with Gasteiger partial charge in [0.1, 0.15) is 0 Å². The third-order valence-corrected chi connectivity index (χ3v) is 5.88. The summed E-state index contributed by atoms with van der Waals surface area (Å²) in [5.74, 6) is 0.723. The minimum absolute atomic E-state index is 0.142. The summed E-state index contributed by atoms with van der Waals surface area (Å²) in [6.07, 6.45) is 3.63. The van der Waals surface area contributed by atoms with Crippen LogP contribution in [0, 0.1) is 11.3 Å². The Morgan fingerprint density at radius 3 is 2.60 bits per heavy atom. The number of H-pyrrole nitrogens is 1. The Morgan fingerprint density at radius 1 is 1.40 bits per heavy atom. The van der Waals surface area contributed by atoms with Gasteiger partial charge in [-0.05, 0) is 37.6 Å². The van der Waals surface area contributed by atoms with E-state index in [-0.39, 0.29) is 5.69 Å². The van der Waals surface area contributed by atoms with Crippen LogP contribution in [0.2, 0.25) is 0 Å². The van der Waals surface area contributed by atoms with Gasteiger partial charge in [-0.1, -0.05) is 32.5 Å². The molecule has 5 nitrogen and oxygen atoms in total. The predicted molar refractivity (Wildman–Crippen MR) is 83.1 cm³/mol. The van der Waals surface area contributed by atoms with Gasteiger partial charge >= 0.3 is 5.69 Å². The van der Waals surface area contributed by atoms with E-state index < -0.39 is 0 Å². The topological polar surface area (TPSA) is 62.7 Å². The second-order valence-corrected chi connectivity index (χ2v) is 8.00. The van der Waals surface area contributed by atoms with Crippen molar-refractivity contribution in [2.24, 2.45) is 18.4 Å². The maximum atomic E-state index is 11.5. The summed E-state index contributed by atoms with van der Waals surface area (Å²) in [5.41, 5.74) is 0.200. The molecule has 0 amide bonds. The van der Waals surface area contributed by atoms with E-state index in [1.807, 2.05) is 7.05 Å². The fraction of sp³-hybridized carbons (Fsp3) is 0.857. The lowest BCUT2D eigenvalue weighted by atomic mass is 9.71. The average molecular weight is 298 g/mol. The summed E-state index contributed by atoms with van der Waals surface area (Å²) in [6, 6.07) is 0.491. The molecule has 0 aliphatic heterocycles. The molecule has 1 fully saturated rings. The number of nitrogens with zero attached hydrogens (tertiary/aromatic N) is 2. The Morgan fingerprint density at radius 2 is 2.10 bits per heavy atom. The zero-order valence-corrected chi connectivity index (χ0v) is 13.9. The van der Waals surface area contributed by atoms with Gasteiger partial charge in [-0.2, -0.15) is 0 Å². The molecular formula is C14H26N4OS. The molecule has 0 spiro atoms. The fourth-order valence-electron chi connectivity index (χ4n) is 2.95. The van der Waals surface area contributed by atoms with E-state index in [1.165, 1.54) is 19.3 Å². The summed E-state index contributed by atoms with van der Waals surface area (Å²) in [5, 5.41) is 11.3. The first-order chi connectivity index (χ1) is 9.32. The lowest BCUT2D eigenvalue weighted by molar-refractivity contribution is 0.167. The second-order valence-electron chi connectivity index (χ2n) is 6.80. The van der Waals surface area contributed by atoms with Gasteiger partial charge in [-0.15, -0.1) is 5.10 Å². The van der Waals surface area contributed by atoms with Crippen LogP contribution in [-0.4, -0.2) is 33.1 Å². The molecule has 1 aliphatic carbocycles. The van der Waals surface area contributed by atoms with Crippen molar-refractivity contribution in [2.45, 2.75) is 56.5 Å². The van der Waals surface area contributed by atoms with Crippen LogP contribution in [0.3, 0.4) is 0 Å². The molecular weight excluding hydrogens is 272 g/mol. The molecule has 114 valence electrons. The largest absolute Gasteiger partial charge is 0.343 e. The fourth-order valence-corrected chi connectivity index (χ4v) is 4.32. The molecule has 20 heavy (non-hydrogen) atoms. The highest BCUT2D eigenvalue weighted by Crippen LogP contribution is 2.42. The van der Waals surface area contributed by atoms with Crippen molar-refractivity contribution in [3.63, 3.8) is 0 Å². The van der Waals surface area contributed by atoms with Crippen molar-refractivity contribution in [2.75, 3.05) is 7.05 Å². The van der Waals surface area contributed by atoms with Crippen molar-refractivity contribution in [1.82, 2.24) is 20.1 Å². The Hall–Kier alpha value is -0.750. The summed E-state index contributed by atoms with van der Waals surface area (Å²) in [6.45, 7) is 6.97. The van der Waals surface area contributed by atoms with Crippen LogP contribution in [0.4, 0.5) is 0 Å². The Bertz CT molecular complexity index is 502. The SMILES string of the molecule is CNC1CCC(C(C)(C)C)CC1Sc1n[nH]c(=O)n1C. The van der Waals surface area contributed by atoms with E-state index >= 15 is 0 Å². The summed E-state index contributed by atoms with van der Waals surface area (Å²) in [4.78, 5) is 11.5. The van der Waals surface area contributed by atoms with Crippen LogP contribution in [-0.2, 0) is 7.05 Å². The van der Waals surface area contributed by atoms with E-state index in [0.29, 0.717) is 16.7 Å².